The molecular weight excluding hydrogens is 380 g/mol. The first kappa shape index (κ1) is 19.5. The van der Waals surface area contributed by atoms with E-state index in [-0.39, 0.29) is 0 Å². The average Bonchev–Trinajstić information content (AvgIpc) is 3.13. The quantitative estimate of drug-likeness (QED) is 0.288. The lowest BCUT2D eigenvalue weighted by Crippen LogP contribution is -1.99. The maximum atomic E-state index is 6.29. The molecule has 0 radical (unpaired) electrons. The van der Waals surface area contributed by atoms with Gasteiger partial charge in [0, 0.05) is 22.3 Å². The third-order valence-electron chi connectivity index (χ3n) is 4.99. The first-order valence-corrected chi connectivity index (χ1v) is 10.6. The Kier molecular flexibility index (Phi) is 6.16. The summed E-state index contributed by atoms with van der Waals surface area (Å²) < 4.78 is 8.18. The second-order valence-corrected chi connectivity index (χ2v) is 7.61. The maximum absolute atomic E-state index is 6.29. The van der Waals surface area contributed by atoms with Crippen LogP contribution >= 0.6 is 11.6 Å². The highest BCUT2D eigenvalue weighted by Gasteiger charge is 2.15. The molecule has 0 amide bonds. The van der Waals surface area contributed by atoms with Crippen LogP contribution in [0.3, 0.4) is 0 Å². The van der Waals surface area contributed by atoms with Crippen molar-refractivity contribution in [1.82, 2.24) is 9.55 Å². The number of fused-ring (bicyclic) bond motifs is 1. The SMILES string of the molecule is CCCCCCOc1ccc2nc(-c3ccccc3)n(-c3cccc(Cl)c3)c2c1. The molecule has 0 aliphatic heterocycles. The minimum Gasteiger partial charge on any atom is -0.494 e. The van der Waals surface area contributed by atoms with Crippen molar-refractivity contribution >= 4 is 22.6 Å². The van der Waals surface area contributed by atoms with Crippen LogP contribution in [0, 0.1) is 0 Å². The van der Waals surface area contributed by atoms with E-state index in [4.69, 9.17) is 21.3 Å². The zero-order valence-corrected chi connectivity index (χ0v) is 17.4. The predicted molar refractivity (Wildman–Crippen MR) is 121 cm³/mol. The third-order valence-corrected chi connectivity index (χ3v) is 5.23. The first-order valence-electron chi connectivity index (χ1n) is 10.2. The van der Waals surface area contributed by atoms with E-state index in [0.29, 0.717) is 5.02 Å². The second-order valence-electron chi connectivity index (χ2n) is 7.18. The Labute approximate surface area is 176 Å². The molecule has 1 heterocycles. The van der Waals surface area contributed by atoms with Gasteiger partial charge in [-0.05, 0) is 36.8 Å². The van der Waals surface area contributed by atoms with Crippen LogP contribution in [0.4, 0.5) is 0 Å². The van der Waals surface area contributed by atoms with Gasteiger partial charge in [0.15, 0.2) is 0 Å². The molecule has 0 spiro atoms. The summed E-state index contributed by atoms with van der Waals surface area (Å²) in [6.07, 6.45) is 4.77. The Morgan fingerprint density at radius 2 is 1.76 bits per heavy atom. The summed E-state index contributed by atoms with van der Waals surface area (Å²) in [6.45, 7) is 2.96. The van der Waals surface area contributed by atoms with Crippen molar-refractivity contribution in [2.75, 3.05) is 6.61 Å². The van der Waals surface area contributed by atoms with Gasteiger partial charge in [-0.3, -0.25) is 4.57 Å². The van der Waals surface area contributed by atoms with Crippen molar-refractivity contribution in [1.29, 1.82) is 0 Å². The highest BCUT2D eigenvalue weighted by Crippen LogP contribution is 2.31. The van der Waals surface area contributed by atoms with E-state index in [1.165, 1.54) is 19.3 Å². The molecule has 0 bridgehead atoms. The summed E-state index contributed by atoms with van der Waals surface area (Å²) in [5.74, 6) is 1.76. The van der Waals surface area contributed by atoms with E-state index in [9.17, 15) is 0 Å². The summed E-state index contributed by atoms with van der Waals surface area (Å²) in [7, 11) is 0. The van der Waals surface area contributed by atoms with Gasteiger partial charge >= 0.3 is 0 Å². The molecule has 0 saturated carbocycles. The number of halogens is 1. The molecule has 29 heavy (non-hydrogen) atoms. The molecule has 3 nitrogen and oxygen atoms in total. The van der Waals surface area contributed by atoms with Crippen LogP contribution in [0.2, 0.25) is 5.02 Å². The third kappa shape index (κ3) is 4.46. The molecule has 4 rings (SSSR count). The standard InChI is InChI=1S/C25H25ClN2O/c1-2-3-4-8-16-29-22-14-15-23-24(18-22)28(21-13-9-12-20(26)17-21)25(27-23)19-10-6-5-7-11-19/h5-7,9-15,17-18H,2-4,8,16H2,1H3. The topological polar surface area (TPSA) is 27.1 Å². The minimum absolute atomic E-state index is 0.701. The van der Waals surface area contributed by atoms with Gasteiger partial charge in [0.05, 0.1) is 17.6 Å². The van der Waals surface area contributed by atoms with Crippen LogP contribution in [0.15, 0.2) is 72.8 Å². The molecule has 3 aromatic carbocycles. The van der Waals surface area contributed by atoms with Crippen LogP contribution in [0.25, 0.3) is 28.1 Å². The molecule has 0 unspecified atom stereocenters. The lowest BCUT2D eigenvalue weighted by Gasteiger charge is -2.11. The summed E-state index contributed by atoms with van der Waals surface area (Å²) in [4.78, 5) is 4.92. The predicted octanol–water partition coefficient (Wildman–Crippen LogP) is 7.31. The van der Waals surface area contributed by atoms with Crippen LogP contribution in [-0.4, -0.2) is 16.2 Å². The van der Waals surface area contributed by atoms with Crippen LogP contribution < -0.4 is 4.74 Å². The van der Waals surface area contributed by atoms with Crippen LogP contribution in [0.5, 0.6) is 5.75 Å². The fraction of sp³-hybridized carbons (Fsp3) is 0.240. The van der Waals surface area contributed by atoms with Crippen LogP contribution in [-0.2, 0) is 0 Å². The van der Waals surface area contributed by atoms with Gasteiger partial charge in [-0.1, -0.05) is 74.2 Å². The molecule has 148 valence electrons. The molecule has 0 N–H and O–H groups in total. The van der Waals surface area contributed by atoms with E-state index < -0.39 is 0 Å². The zero-order chi connectivity index (χ0) is 20.1. The molecule has 0 fully saturated rings. The normalized spacial score (nSPS) is 11.1. The van der Waals surface area contributed by atoms with Gasteiger partial charge in [0.25, 0.3) is 0 Å². The molecular formula is C25H25ClN2O. The fourth-order valence-electron chi connectivity index (χ4n) is 3.52. The van der Waals surface area contributed by atoms with Gasteiger partial charge in [0.2, 0.25) is 0 Å². The molecule has 1 aromatic heterocycles. The smallest absolute Gasteiger partial charge is 0.145 e. The number of hydrogen-bond acceptors (Lipinski definition) is 2. The van der Waals surface area contributed by atoms with Gasteiger partial charge in [-0.2, -0.15) is 0 Å². The van der Waals surface area contributed by atoms with Crippen LogP contribution in [0.1, 0.15) is 32.6 Å². The minimum atomic E-state index is 0.701. The van der Waals surface area contributed by atoms with E-state index in [1.807, 2.05) is 48.5 Å². The van der Waals surface area contributed by atoms with Crippen molar-refractivity contribution < 1.29 is 4.74 Å². The van der Waals surface area contributed by atoms with Gasteiger partial charge in [0.1, 0.15) is 11.6 Å². The summed E-state index contributed by atoms with van der Waals surface area (Å²) in [5, 5.41) is 0.701. The number of hydrogen-bond donors (Lipinski definition) is 0. The summed E-state index contributed by atoms with van der Waals surface area (Å²) >= 11 is 6.29. The summed E-state index contributed by atoms with van der Waals surface area (Å²) in [5.41, 5.74) is 3.99. The Morgan fingerprint density at radius 3 is 2.55 bits per heavy atom. The van der Waals surface area contributed by atoms with Gasteiger partial charge in [-0.15, -0.1) is 0 Å². The number of aromatic nitrogens is 2. The second kappa shape index (κ2) is 9.15. The highest BCUT2D eigenvalue weighted by atomic mass is 35.5. The number of nitrogens with zero attached hydrogens (tertiary/aromatic N) is 2. The zero-order valence-electron chi connectivity index (χ0n) is 16.6. The van der Waals surface area contributed by atoms with Crippen molar-refractivity contribution in [3.8, 4) is 22.8 Å². The van der Waals surface area contributed by atoms with Gasteiger partial charge < -0.3 is 4.74 Å². The maximum Gasteiger partial charge on any atom is 0.145 e. The van der Waals surface area contributed by atoms with Crippen molar-refractivity contribution in [3.63, 3.8) is 0 Å². The largest absolute Gasteiger partial charge is 0.494 e. The Hall–Kier alpha value is -2.78. The molecule has 0 saturated heterocycles. The lowest BCUT2D eigenvalue weighted by molar-refractivity contribution is 0.305. The molecule has 0 aliphatic carbocycles. The molecule has 0 atom stereocenters. The van der Waals surface area contributed by atoms with E-state index in [0.717, 1.165) is 46.9 Å². The molecule has 4 aromatic rings. The first-order chi connectivity index (χ1) is 14.3. The van der Waals surface area contributed by atoms with Crippen molar-refractivity contribution in [3.05, 3.63) is 77.8 Å². The number of imidazole rings is 1. The number of rotatable bonds is 8. The number of ether oxygens (including phenoxy) is 1. The van der Waals surface area contributed by atoms with Gasteiger partial charge in [-0.25, -0.2) is 4.98 Å². The van der Waals surface area contributed by atoms with E-state index >= 15 is 0 Å². The Bertz CT molecular complexity index is 1090. The molecule has 4 heteroatoms. The van der Waals surface area contributed by atoms with Crippen molar-refractivity contribution in [2.45, 2.75) is 32.6 Å². The fourth-order valence-corrected chi connectivity index (χ4v) is 3.71. The Morgan fingerprint density at radius 1 is 0.897 bits per heavy atom. The number of benzene rings is 3. The molecule has 0 aliphatic rings. The highest BCUT2D eigenvalue weighted by molar-refractivity contribution is 6.30. The monoisotopic (exact) mass is 404 g/mol. The van der Waals surface area contributed by atoms with E-state index in [2.05, 4.69) is 35.8 Å². The van der Waals surface area contributed by atoms with Crippen molar-refractivity contribution in [2.24, 2.45) is 0 Å². The summed E-state index contributed by atoms with van der Waals surface area (Å²) in [6, 6.07) is 24.2. The number of unbranched alkanes of at least 4 members (excludes halogenated alkanes) is 3. The lowest BCUT2D eigenvalue weighted by atomic mass is 10.2. The average molecular weight is 405 g/mol. The Balaban J connectivity index is 1.76. The van der Waals surface area contributed by atoms with E-state index in [1.54, 1.807) is 0 Å².